The molecule has 25 heteroatoms. The van der Waals surface area contributed by atoms with Crippen molar-refractivity contribution in [3.8, 4) is 17.9 Å². The number of alkyl halides is 1. The SMILES string of the molecule is C/C=C(C#N)/C=C/CCl.CC.CC(=O)NCCCCC(NC(=O)C(CCCCNC(=O)c1ccc(F)c(C#N)c1)NC(=O)CCOCCOCCOCCNC(=O)COc1ccc2c(C(=O)NCC=O)ccnc2c1)C(=O)OC(C)(C)C.CN1CCCC1. The molecule has 0 saturated carbocycles. The molecule has 1 aliphatic rings. The number of hydrogen-bond donors (Lipinski definition) is 6. The summed E-state index contributed by atoms with van der Waals surface area (Å²) >= 11 is 5.34. The Morgan fingerprint density at radius 2 is 1.43 bits per heavy atom. The summed E-state index contributed by atoms with van der Waals surface area (Å²) in [5.41, 5.74) is 0.486. The van der Waals surface area contributed by atoms with E-state index in [2.05, 4.69) is 48.8 Å². The number of aromatic nitrogens is 1. The standard InChI is InChI=1S/C49H65FN8O13.C7H8ClN.C5H11N.C2H6/c1-33(60)52-17-7-6-10-41(48(66)71-49(2,3)4)58-47(65)40(9-5-8-18-55-45(63)34-11-14-39(50)35(29-34)31-51)57-43(61)16-23-67-25-27-69-28-26-68-24-21-54-44(62)32-70-36-12-13-37-38(46(64)56-20-22-59)15-19-53-42(37)30-36;1-2-7(6-9)4-3-5-8;1-6-4-2-3-5-6;1-2/h11-15,19,22,29-30,40-41H,5-10,16-18,20-21,23-28,32H2,1-4H3,(H,52,60)(H,54,62)(H,55,63)(H,56,64)(H,57,61)(H,58,65);2-4H,5H2,1H3;2-5H2,1H3;1-2H3/b;4-3+,7-2-;;. The molecule has 2 aromatic carbocycles. The highest BCUT2D eigenvalue weighted by Crippen LogP contribution is 2.22. The molecular formula is C63H90ClFN10O13. The molecule has 6 N–H and O–H groups in total. The summed E-state index contributed by atoms with van der Waals surface area (Å²) in [6, 6.07) is 11.4. The van der Waals surface area contributed by atoms with Crippen LogP contribution in [0.5, 0.6) is 5.75 Å². The molecule has 2 heterocycles. The number of carbonyl (C=O) groups is 8. The molecule has 1 aliphatic heterocycles. The normalized spacial score (nSPS) is 12.6. The van der Waals surface area contributed by atoms with E-state index in [0.717, 1.165) is 12.1 Å². The molecule has 6 amide bonds. The average Bonchev–Trinajstić information content (AvgIpc) is 1.62. The minimum Gasteiger partial charge on any atom is -0.484 e. The zero-order valence-electron chi connectivity index (χ0n) is 52.2. The topological polar surface area (TPSA) is 319 Å². The summed E-state index contributed by atoms with van der Waals surface area (Å²) in [7, 11) is 2.17. The van der Waals surface area contributed by atoms with Crippen molar-refractivity contribution in [2.75, 3.05) is 98.4 Å². The molecule has 0 bridgehead atoms. The van der Waals surface area contributed by atoms with Gasteiger partial charge in [-0.25, -0.2) is 9.18 Å². The van der Waals surface area contributed by atoms with Gasteiger partial charge in [0.05, 0.1) is 68.9 Å². The minimum atomic E-state index is -1.06. The summed E-state index contributed by atoms with van der Waals surface area (Å²) < 4.78 is 41.4. The third kappa shape index (κ3) is 35.7. The highest BCUT2D eigenvalue weighted by molar-refractivity contribution is 6.18. The van der Waals surface area contributed by atoms with Gasteiger partial charge in [-0.05, 0) is 142 Å². The summed E-state index contributed by atoms with van der Waals surface area (Å²) in [4.78, 5) is 106. The number of fused-ring (bicyclic) bond motifs is 1. The molecule has 23 nitrogen and oxygen atoms in total. The Kier molecular flexibility index (Phi) is 41.9. The van der Waals surface area contributed by atoms with E-state index in [1.165, 1.54) is 45.1 Å². The van der Waals surface area contributed by atoms with Crippen molar-refractivity contribution < 1.29 is 66.4 Å². The van der Waals surface area contributed by atoms with E-state index in [9.17, 15) is 42.7 Å². The molecule has 1 fully saturated rings. The summed E-state index contributed by atoms with van der Waals surface area (Å²) in [5.74, 6) is -3.14. The van der Waals surface area contributed by atoms with Gasteiger partial charge in [-0.15, -0.1) is 11.6 Å². The molecule has 2 unspecified atom stereocenters. The Balaban J connectivity index is 0.00000197. The summed E-state index contributed by atoms with van der Waals surface area (Å²) in [6.07, 6.45) is 12.1. The zero-order valence-corrected chi connectivity index (χ0v) is 53.0. The first kappa shape index (κ1) is 78.1. The lowest BCUT2D eigenvalue weighted by Crippen LogP contribution is -2.52. The number of nitrogens with zero attached hydrogens (tertiary/aromatic N) is 4. The van der Waals surface area contributed by atoms with Gasteiger partial charge in [0.25, 0.3) is 17.7 Å². The van der Waals surface area contributed by atoms with Crippen molar-refractivity contribution in [3.05, 3.63) is 95.0 Å². The number of aldehydes is 1. The molecular weight excluding hydrogens is 1160 g/mol. The van der Waals surface area contributed by atoms with Gasteiger partial charge in [0.1, 0.15) is 41.6 Å². The Labute approximate surface area is 522 Å². The van der Waals surface area contributed by atoms with Gasteiger partial charge < -0.3 is 65.3 Å². The fourth-order valence-corrected chi connectivity index (χ4v) is 7.85. The number of nitriles is 2. The number of allylic oxidation sites excluding steroid dienone is 4. The van der Waals surface area contributed by atoms with Gasteiger partial charge in [-0.1, -0.05) is 26.0 Å². The minimum absolute atomic E-state index is 0.0159. The predicted molar refractivity (Wildman–Crippen MR) is 333 cm³/mol. The predicted octanol–water partition coefficient (Wildman–Crippen LogP) is 6.32. The summed E-state index contributed by atoms with van der Waals surface area (Å²) in [5, 5.41) is 34.0. The Hall–Kier alpha value is -7.87. The maximum Gasteiger partial charge on any atom is 0.329 e. The van der Waals surface area contributed by atoms with E-state index < -0.39 is 53.1 Å². The molecule has 1 aromatic heterocycles. The first-order valence-corrected chi connectivity index (χ1v) is 30.0. The largest absolute Gasteiger partial charge is 0.484 e. The van der Waals surface area contributed by atoms with Gasteiger partial charge in [0.2, 0.25) is 17.7 Å². The molecule has 0 spiro atoms. The van der Waals surface area contributed by atoms with Gasteiger partial charge in [-0.3, -0.25) is 33.8 Å². The molecule has 4 rings (SSSR count). The maximum absolute atomic E-state index is 13.7. The number of amides is 6. The Morgan fingerprint density at radius 1 is 0.784 bits per heavy atom. The second-order valence-electron chi connectivity index (χ2n) is 20.3. The van der Waals surface area contributed by atoms with Gasteiger partial charge >= 0.3 is 5.97 Å². The molecule has 2 atom stereocenters. The van der Waals surface area contributed by atoms with Crippen molar-refractivity contribution in [2.24, 2.45) is 0 Å². The van der Waals surface area contributed by atoms with E-state index in [1.54, 1.807) is 69.3 Å². The Bertz CT molecular complexity index is 2780. The van der Waals surface area contributed by atoms with E-state index in [1.807, 2.05) is 26.8 Å². The molecule has 3 aromatic rings. The van der Waals surface area contributed by atoms with Crippen LogP contribution < -0.4 is 36.6 Å². The van der Waals surface area contributed by atoms with Crippen LogP contribution in [0, 0.1) is 28.5 Å². The number of benzene rings is 2. The molecule has 0 aliphatic carbocycles. The van der Waals surface area contributed by atoms with Gasteiger partial charge in [0.15, 0.2) is 6.61 Å². The highest BCUT2D eigenvalue weighted by Gasteiger charge is 2.30. The molecule has 484 valence electrons. The monoisotopic (exact) mass is 1250 g/mol. The smallest absolute Gasteiger partial charge is 0.329 e. The van der Waals surface area contributed by atoms with Crippen LogP contribution >= 0.6 is 11.6 Å². The number of hydrogen-bond acceptors (Lipinski definition) is 17. The number of esters is 1. The van der Waals surface area contributed by atoms with E-state index in [4.69, 9.17) is 45.8 Å². The second-order valence-corrected chi connectivity index (χ2v) is 20.6. The number of halogens is 2. The van der Waals surface area contributed by atoms with Crippen LogP contribution in [-0.2, 0) is 47.7 Å². The summed E-state index contributed by atoms with van der Waals surface area (Å²) in [6.45, 7) is 16.5. The Morgan fingerprint density at radius 3 is 2.02 bits per heavy atom. The molecule has 1 saturated heterocycles. The third-order valence-corrected chi connectivity index (χ3v) is 12.3. The lowest BCUT2D eigenvalue weighted by Gasteiger charge is -2.26. The number of ether oxygens (including phenoxy) is 5. The van der Waals surface area contributed by atoms with E-state index >= 15 is 0 Å². The van der Waals surface area contributed by atoms with E-state index in [0.29, 0.717) is 72.2 Å². The zero-order chi connectivity index (χ0) is 65.5. The first-order valence-electron chi connectivity index (χ1n) is 29.5. The fourth-order valence-electron chi connectivity index (χ4n) is 7.76. The maximum atomic E-state index is 13.7. The molecule has 88 heavy (non-hydrogen) atoms. The van der Waals surface area contributed by atoms with Crippen molar-refractivity contribution in [3.63, 3.8) is 0 Å². The number of likely N-dealkylation sites (tertiary alicyclic amines) is 1. The third-order valence-electron chi connectivity index (χ3n) is 12.1. The molecule has 0 radical (unpaired) electrons. The van der Waals surface area contributed by atoms with E-state index in [-0.39, 0.29) is 108 Å². The van der Waals surface area contributed by atoms with Crippen molar-refractivity contribution in [1.82, 2.24) is 41.8 Å². The van der Waals surface area contributed by atoms with Crippen LogP contribution in [0.15, 0.2) is 72.5 Å². The van der Waals surface area contributed by atoms with Crippen LogP contribution in [0.4, 0.5) is 4.39 Å². The van der Waals surface area contributed by atoms with Gasteiger partial charge in [0, 0.05) is 67.6 Å². The van der Waals surface area contributed by atoms with Crippen LogP contribution in [-0.4, -0.2) is 174 Å². The second kappa shape index (κ2) is 47.2. The van der Waals surface area contributed by atoms with Gasteiger partial charge in [-0.2, -0.15) is 10.5 Å². The lowest BCUT2D eigenvalue weighted by molar-refractivity contribution is -0.159. The number of nitrogens with one attached hydrogen (secondary N) is 6. The van der Waals surface area contributed by atoms with Crippen molar-refractivity contribution in [2.45, 2.75) is 124 Å². The van der Waals surface area contributed by atoms with Crippen LogP contribution in [0.1, 0.15) is 133 Å². The van der Waals surface area contributed by atoms with Crippen LogP contribution in [0.3, 0.4) is 0 Å². The fraction of sp³-hybridized carbons (Fsp3) is 0.540. The van der Waals surface area contributed by atoms with Crippen molar-refractivity contribution in [1.29, 1.82) is 10.5 Å². The highest BCUT2D eigenvalue weighted by atomic mass is 35.5. The van der Waals surface area contributed by atoms with Crippen LogP contribution in [0.25, 0.3) is 10.9 Å². The number of carbonyl (C=O) groups excluding carboxylic acids is 8. The first-order chi connectivity index (χ1) is 42.2. The lowest BCUT2D eigenvalue weighted by atomic mass is 10.1. The quantitative estimate of drug-likeness (QED) is 0.00937. The number of unbranched alkanes of at least 4 members (excludes halogenated alkanes) is 2. The number of pyridine rings is 1. The number of rotatable bonds is 35. The van der Waals surface area contributed by atoms with Crippen LogP contribution in [0.2, 0.25) is 0 Å². The van der Waals surface area contributed by atoms with Crippen molar-refractivity contribution >= 4 is 70.2 Å². The average molecular weight is 1250 g/mol.